The van der Waals surface area contributed by atoms with Gasteiger partial charge in [0.05, 0.1) is 4.90 Å². The van der Waals surface area contributed by atoms with E-state index in [-0.39, 0.29) is 9.37 Å². The summed E-state index contributed by atoms with van der Waals surface area (Å²) in [5.74, 6) is -0.514. The summed E-state index contributed by atoms with van der Waals surface area (Å²) < 4.78 is 40.5. The fourth-order valence-electron chi connectivity index (χ4n) is 1.88. The van der Waals surface area contributed by atoms with E-state index in [1.807, 2.05) is 0 Å². The van der Waals surface area contributed by atoms with Crippen LogP contribution in [0.4, 0.5) is 4.39 Å². The lowest BCUT2D eigenvalue weighted by atomic mass is 10.1. The molecule has 0 spiro atoms. The van der Waals surface area contributed by atoms with Crippen molar-refractivity contribution in [1.29, 1.82) is 0 Å². The van der Waals surface area contributed by atoms with Crippen LogP contribution in [0.1, 0.15) is 18.5 Å². The Bertz CT molecular complexity index is 767. The fraction of sp³-hybridized carbons (Fsp3) is 0.143. The van der Waals surface area contributed by atoms with Crippen molar-refractivity contribution in [2.24, 2.45) is 0 Å². The highest BCUT2D eigenvalue weighted by Crippen LogP contribution is 2.27. The predicted octanol–water partition coefficient (Wildman–Crippen LogP) is 4.28. The molecule has 0 amide bonds. The SMILES string of the molecule is CC(NS(=O)(=O)c1ccc(F)cc1Br)c1ccccc1Cl. The number of hydrogen-bond donors (Lipinski definition) is 1. The van der Waals surface area contributed by atoms with Crippen LogP contribution >= 0.6 is 27.5 Å². The molecule has 1 unspecified atom stereocenters. The summed E-state index contributed by atoms with van der Waals surface area (Å²) in [5, 5.41) is 0.478. The minimum atomic E-state index is -3.79. The van der Waals surface area contributed by atoms with Crippen molar-refractivity contribution in [3.8, 4) is 0 Å². The Morgan fingerprint density at radius 2 is 1.90 bits per heavy atom. The molecule has 1 atom stereocenters. The second-order valence-electron chi connectivity index (χ2n) is 4.44. The lowest BCUT2D eigenvalue weighted by Crippen LogP contribution is -2.27. The lowest BCUT2D eigenvalue weighted by molar-refractivity contribution is 0.565. The molecule has 0 bridgehead atoms. The van der Waals surface area contributed by atoms with Gasteiger partial charge in [0.2, 0.25) is 10.0 Å². The Kier molecular flexibility index (Phi) is 5.03. The molecule has 3 nitrogen and oxygen atoms in total. The number of halogens is 3. The van der Waals surface area contributed by atoms with E-state index in [1.54, 1.807) is 31.2 Å². The summed E-state index contributed by atoms with van der Waals surface area (Å²) in [6, 6.07) is 9.88. The predicted molar refractivity (Wildman–Crippen MR) is 84.3 cm³/mol. The summed E-state index contributed by atoms with van der Waals surface area (Å²) in [4.78, 5) is -0.0252. The third-order valence-corrected chi connectivity index (χ3v) is 5.75. The third kappa shape index (κ3) is 3.83. The van der Waals surface area contributed by atoms with Crippen LogP contribution in [0, 0.1) is 5.82 Å². The molecule has 2 rings (SSSR count). The number of hydrogen-bond acceptors (Lipinski definition) is 2. The van der Waals surface area contributed by atoms with Gasteiger partial charge >= 0.3 is 0 Å². The van der Waals surface area contributed by atoms with E-state index in [9.17, 15) is 12.8 Å². The molecule has 2 aromatic rings. The van der Waals surface area contributed by atoms with Crippen LogP contribution in [0.2, 0.25) is 5.02 Å². The van der Waals surface area contributed by atoms with Crippen molar-refractivity contribution in [3.05, 3.63) is 63.3 Å². The highest BCUT2D eigenvalue weighted by Gasteiger charge is 2.22. The van der Waals surface area contributed by atoms with Gasteiger partial charge in [0.15, 0.2) is 0 Å². The molecule has 0 aliphatic carbocycles. The Morgan fingerprint density at radius 3 is 2.52 bits per heavy atom. The second kappa shape index (κ2) is 6.44. The van der Waals surface area contributed by atoms with E-state index >= 15 is 0 Å². The van der Waals surface area contributed by atoms with Gasteiger partial charge in [-0.1, -0.05) is 29.8 Å². The van der Waals surface area contributed by atoms with Crippen molar-refractivity contribution in [2.75, 3.05) is 0 Å². The van der Waals surface area contributed by atoms with Crippen LogP contribution in [0.25, 0.3) is 0 Å². The molecule has 0 fully saturated rings. The molecule has 0 radical (unpaired) electrons. The van der Waals surface area contributed by atoms with Crippen LogP contribution in [0.15, 0.2) is 51.8 Å². The van der Waals surface area contributed by atoms with Gasteiger partial charge in [-0.3, -0.25) is 0 Å². The second-order valence-corrected chi connectivity index (χ2v) is 7.38. The minimum absolute atomic E-state index is 0.0252. The van der Waals surface area contributed by atoms with Crippen LogP contribution in [0.5, 0.6) is 0 Å². The number of benzene rings is 2. The highest BCUT2D eigenvalue weighted by molar-refractivity contribution is 9.10. The number of sulfonamides is 1. The lowest BCUT2D eigenvalue weighted by Gasteiger charge is -2.16. The summed E-state index contributed by atoms with van der Waals surface area (Å²) in [7, 11) is -3.79. The zero-order valence-corrected chi connectivity index (χ0v) is 14.1. The molecule has 0 aliphatic heterocycles. The molecule has 0 aliphatic rings. The highest BCUT2D eigenvalue weighted by atomic mass is 79.9. The summed E-state index contributed by atoms with van der Waals surface area (Å²) >= 11 is 9.11. The van der Waals surface area contributed by atoms with Gasteiger partial charge in [0, 0.05) is 15.5 Å². The fourth-order valence-corrected chi connectivity index (χ4v) is 4.45. The quantitative estimate of drug-likeness (QED) is 0.844. The average Bonchev–Trinajstić information content (AvgIpc) is 2.37. The van der Waals surface area contributed by atoms with E-state index in [2.05, 4.69) is 20.7 Å². The average molecular weight is 393 g/mol. The van der Waals surface area contributed by atoms with Gasteiger partial charge in [0.25, 0.3) is 0 Å². The maximum Gasteiger partial charge on any atom is 0.242 e. The first-order valence-corrected chi connectivity index (χ1v) is 8.68. The molecule has 0 aromatic heterocycles. The third-order valence-electron chi connectivity index (χ3n) is 2.89. The van der Waals surface area contributed by atoms with E-state index < -0.39 is 21.9 Å². The smallest absolute Gasteiger partial charge is 0.207 e. The van der Waals surface area contributed by atoms with Gasteiger partial charge in [-0.2, -0.15) is 0 Å². The monoisotopic (exact) mass is 391 g/mol. The minimum Gasteiger partial charge on any atom is -0.207 e. The van der Waals surface area contributed by atoms with Crippen LogP contribution in [-0.2, 0) is 10.0 Å². The van der Waals surface area contributed by atoms with E-state index in [4.69, 9.17) is 11.6 Å². The van der Waals surface area contributed by atoms with Crippen molar-refractivity contribution in [2.45, 2.75) is 17.9 Å². The Morgan fingerprint density at radius 1 is 1.24 bits per heavy atom. The van der Waals surface area contributed by atoms with Crippen molar-refractivity contribution in [3.63, 3.8) is 0 Å². The molecule has 0 saturated carbocycles. The van der Waals surface area contributed by atoms with Crippen LogP contribution in [-0.4, -0.2) is 8.42 Å². The first-order chi connectivity index (χ1) is 9.81. The first-order valence-electron chi connectivity index (χ1n) is 6.03. The van der Waals surface area contributed by atoms with Crippen LogP contribution in [0.3, 0.4) is 0 Å². The summed E-state index contributed by atoms with van der Waals surface area (Å²) in [5.41, 5.74) is 0.668. The molecule has 7 heteroatoms. The van der Waals surface area contributed by atoms with Gasteiger partial charge in [-0.25, -0.2) is 17.5 Å². The zero-order chi connectivity index (χ0) is 15.6. The van der Waals surface area contributed by atoms with Crippen molar-refractivity contribution < 1.29 is 12.8 Å². The number of nitrogens with one attached hydrogen (secondary N) is 1. The molecular weight excluding hydrogens is 381 g/mol. The Balaban J connectivity index is 2.31. The molecule has 112 valence electrons. The normalized spacial score (nSPS) is 13.1. The molecule has 0 saturated heterocycles. The number of rotatable bonds is 4. The summed E-state index contributed by atoms with van der Waals surface area (Å²) in [6.45, 7) is 1.69. The zero-order valence-electron chi connectivity index (χ0n) is 11.0. The van der Waals surface area contributed by atoms with Crippen molar-refractivity contribution in [1.82, 2.24) is 4.72 Å². The molecule has 1 N–H and O–H groups in total. The van der Waals surface area contributed by atoms with Crippen LogP contribution < -0.4 is 4.72 Å². The van der Waals surface area contributed by atoms with Crippen molar-refractivity contribution >= 4 is 37.6 Å². The van der Waals surface area contributed by atoms with E-state index in [0.717, 1.165) is 12.1 Å². The Labute approximate surface area is 136 Å². The van der Waals surface area contributed by atoms with Gasteiger partial charge in [0.1, 0.15) is 5.82 Å². The van der Waals surface area contributed by atoms with Gasteiger partial charge in [-0.05, 0) is 52.7 Å². The molecule has 21 heavy (non-hydrogen) atoms. The first kappa shape index (κ1) is 16.4. The largest absolute Gasteiger partial charge is 0.242 e. The van der Waals surface area contributed by atoms with E-state index in [1.165, 1.54) is 6.07 Å². The molecule has 2 aromatic carbocycles. The maximum absolute atomic E-state index is 13.1. The molecular formula is C14H12BrClFNO2S. The maximum atomic E-state index is 13.1. The van der Waals surface area contributed by atoms with Gasteiger partial charge in [-0.15, -0.1) is 0 Å². The van der Waals surface area contributed by atoms with E-state index in [0.29, 0.717) is 10.6 Å². The molecule has 0 heterocycles. The topological polar surface area (TPSA) is 46.2 Å². The van der Waals surface area contributed by atoms with Gasteiger partial charge < -0.3 is 0 Å². The standard InChI is InChI=1S/C14H12BrClFNO2S/c1-9(11-4-2-3-5-13(11)16)18-21(19,20)14-7-6-10(17)8-12(14)15/h2-9,18H,1H3. The summed E-state index contributed by atoms with van der Waals surface area (Å²) in [6.07, 6.45) is 0. The Hall–Kier alpha value is -0.950.